The number of halogens is 2. The topological polar surface area (TPSA) is 47.6 Å². The quantitative estimate of drug-likeness (QED) is 0.848. The minimum absolute atomic E-state index is 0.00644. The summed E-state index contributed by atoms with van der Waals surface area (Å²) in [6.07, 6.45) is 0. The van der Waals surface area contributed by atoms with E-state index in [1.807, 2.05) is 0 Å². The van der Waals surface area contributed by atoms with Crippen molar-refractivity contribution in [1.82, 2.24) is 5.32 Å². The molecule has 1 aliphatic rings. The summed E-state index contributed by atoms with van der Waals surface area (Å²) in [4.78, 5) is 11.6. The second kappa shape index (κ2) is 5.97. The summed E-state index contributed by atoms with van der Waals surface area (Å²) >= 11 is 0. The zero-order chi connectivity index (χ0) is 13.8. The lowest BCUT2D eigenvalue weighted by molar-refractivity contribution is -0.145. The van der Waals surface area contributed by atoms with Gasteiger partial charge in [-0.1, -0.05) is 12.1 Å². The van der Waals surface area contributed by atoms with Gasteiger partial charge in [-0.3, -0.25) is 4.79 Å². The molecular formula is C13H15F2NO3. The van der Waals surface area contributed by atoms with Crippen molar-refractivity contribution in [3.63, 3.8) is 0 Å². The SMILES string of the molecule is COC(=O)C1CNCC1c1ccc(OC(F)F)cc1. The van der Waals surface area contributed by atoms with Crippen molar-refractivity contribution >= 4 is 5.97 Å². The highest BCUT2D eigenvalue weighted by Crippen LogP contribution is 2.30. The van der Waals surface area contributed by atoms with E-state index < -0.39 is 6.61 Å². The maximum Gasteiger partial charge on any atom is 0.387 e. The molecule has 0 amide bonds. The van der Waals surface area contributed by atoms with Crippen molar-refractivity contribution in [2.24, 2.45) is 5.92 Å². The number of esters is 1. The standard InChI is InChI=1S/C13H15F2NO3/c1-18-12(17)11-7-16-6-10(11)8-2-4-9(5-3-8)19-13(14)15/h2-5,10-11,13,16H,6-7H2,1H3. The van der Waals surface area contributed by atoms with E-state index in [9.17, 15) is 13.6 Å². The Labute approximate surface area is 109 Å². The van der Waals surface area contributed by atoms with Crippen molar-refractivity contribution in [2.75, 3.05) is 20.2 Å². The lowest BCUT2D eigenvalue weighted by Crippen LogP contribution is -2.22. The van der Waals surface area contributed by atoms with Gasteiger partial charge in [-0.05, 0) is 17.7 Å². The number of nitrogens with one attached hydrogen (secondary N) is 1. The fraction of sp³-hybridized carbons (Fsp3) is 0.462. The second-order valence-electron chi connectivity index (χ2n) is 4.34. The van der Waals surface area contributed by atoms with Crippen LogP contribution in [0.25, 0.3) is 0 Å². The molecule has 1 aliphatic heterocycles. The van der Waals surface area contributed by atoms with Crippen LogP contribution in [0.1, 0.15) is 11.5 Å². The van der Waals surface area contributed by atoms with Crippen LogP contribution < -0.4 is 10.1 Å². The Kier molecular flexibility index (Phi) is 4.31. The molecule has 2 unspecified atom stereocenters. The smallest absolute Gasteiger partial charge is 0.387 e. The zero-order valence-corrected chi connectivity index (χ0v) is 10.4. The molecule has 6 heteroatoms. The first kappa shape index (κ1) is 13.7. The lowest BCUT2D eigenvalue weighted by Gasteiger charge is -2.17. The molecule has 0 spiro atoms. The van der Waals surface area contributed by atoms with E-state index in [-0.39, 0.29) is 23.6 Å². The van der Waals surface area contributed by atoms with Gasteiger partial charge in [0.1, 0.15) is 5.75 Å². The highest BCUT2D eigenvalue weighted by atomic mass is 19.3. The minimum atomic E-state index is -2.83. The van der Waals surface area contributed by atoms with Crippen molar-refractivity contribution in [3.05, 3.63) is 29.8 Å². The molecule has 19 heavy (non-hydrogen) atoms. The molecule has 1 aromatic rings. The van der Waals surface area contributed by atoms with Gasteiger partial charge in [0.25, 0.3) is 0 Å². The molecule has 1 saturated heterocycles. The number of carbonyl (C=O) groups excluding carboxylic acids is 1. The van der Waals surface area contributed by atoms with E-state index in [0.29, 0.717) is 13.1 Å². The molecule has 4 nitrogen and oxygen atoms in total. The summed E-state index contributed by atoms with van der Waals surface area (Å²) in [5.41, 5.74) is 0.905. The van der Waals surface area contributed by atoms with Gasteiger partial charge in [-0.15, -0.1) is 0 Å². The van der Waals surface area contributed by atoms with Crippen LogP contribution in [0.15, 0.2) is 24.3 Å². The normalized spacial score (nSPS) is 22.5. The number of rotatable bonds is 4. The summed E-state index contributed by atoms with van der Waals surface area (Å²) in [5.74, 6) is -0.401. The highest BCUT2D eigenvalue weighted by Gasteiger charge is 2.34. The maximum absolute atomic E-state index is 12.0. The van der Waals surface area contributed by atoms with Gasteiger partial charge in [0.2, 0.25) is 0 Å². The molecule has 1 heterocycles. The number of alkyl halides is 2. The Morgan fingerprint density at radius 3 is 2.58 bits per heavy atom. The lowest BCUT2D eigenvalue weighted by atomic mass is 9.89. The predicted molar refractivity (Wildman–Crippen MR) is 64.2 cm³/mol. The van der Waals surface area contributed by atoms with Crippen LogP contribution in [0.3, 0.4) is 0 Å². The Morgan fingerprint density at radius 1 is 1.32 bits per heavy atom. The first-order valence-corrected chi connectivity index (χ1v) is 5.95. The summed E-state index contributed by atoms with van der Waals surface area (Å²) in [7, 11) is 1.36. The molecule has 2 rings (SSSR count). The molecule has 104 valence electrons. The third-order valence-electron chi connectivity index (χ3n) is 3.25. The van der Waals surface area contributed by atoms with Crippen molar-refractivity contribution in [3.8, 4) is 5.75 Å². The number of benzene rings is 1. The Hall–Kier alpha value is -1.69. The molecule has 1 aromatic carbocycles. The summed E-state index contributed by atoms with van der Waals surface area (Å²) in [6, 6.07) is 6.36. The van der Waals surface area contributed by atoms with Gasteiger partial charge in [-0.2, -0.15) is 8.78 Å². The van der Waals surface area contributed by atoms with Gasteiger partial charge < -0.3 is 14.8 Å². The van der Waals surface area contributed by atoms with Crippen LogP contribution in [-0.4, -0.2) is 32.8 Å². The third kappa shape index (κ3) is 3.20. The number of methoxy groups -OCH3 is 1. The summed E-state index contributed by atoms with van der Waals surface area (Å²) in [6.45, 7) is -1.61. The fourth-order valence-corrected chi connectivity index (χ4v) is 2.32. The fourth-order valence-electron chi connectivity index (χ4n) is 2.32. The molecule has 1 N–H and O–H groups in total. The van der Waals surface area contributed by atoms with Crippen LogP contribution >= 0.6 is 0 Å². The minimum Gasteiger partial charge on any atom is -0.469 e. The zero-order valence-electron chi connectivity index (χ0n) is 10.4. The van der Waals surface area contributed by atoms with E-state index >= 15 is 0 Å². The van der Waals surface area contributed by atoms with Crippen LogP contribution in [0, 0.1) is 5.92 Å². The largest absolute Gasteiger partial charge is 0.469 e. The van der Waals surface area contributed by atoms with Crippen molar-refractivity contribution in [1.29, 1.82) is 0 Å². The maximum atomic E-state index is 12.0. The first-order chi connectivity index (χ1) is 9.11. The van der Waals surface area contributed by atoms with E-state index in [4.69, 9.17) is 4.74 Å². The molecule has 0 radical (unpaired) electrons. The highest BCUT2D eigenvalue weighted by molar-refractivity contribution is 5.74. The van der Waals surface area contributed by atoms with E-state index in [1.165, 1.54) is 19.2 Å². The molecule has 0 saturated carbocycles. The van der Waals surface area contributed by atoms with Gasteiger partial charge in [0, 0.05) is 19.0 Å². The summed E-state index contributed by atoms with van der Waals surface area (Å²) < 4.78 is 33.1. The van der Waals surface area contributed by atoms with Gasteiger partial charge in [-0.25, -0.2) is 0 Å². The number of ether oxygens (including phenoxy) is 2. The summed E-state index contributed by atoms with van der Waals surface area (Å²) in [5, 5.41) is 3.13. The molecule has 0 aromatic heterocycles. The number of hydrogen-bond acceptors (Lipinski definition) is 4. The third-order valence-corrected chi connectivity index (χ3v) is 3.25. The average molecular weight is 271 g/mol. The number of hydrogen-bond donors (Lipinski definition) is 1. The van der Waals surface area contributed by atoms with Crippen LogP contribution in [0.4, 0.5) is 8.78 Å². The van der Waals surface area contributed by atoms with Crippen LogP contribution in [0.5, 0.6) is 5.75 Å². The predicted octanol–water partition coefficient (Wildman–Crippen LogP) is 1.76. The molecular weight excluding hydrogens is 256 g/mol. The Bertz CT molecular complexity index is 436. The molecule has 0 bridgehead atoms. The Morgan fingerprint density at radius 2 is 2.00 bits per heavy atom. The average Bonchev–Trinajstić information content (AvgIpc) is 2.87. The van der Waals surface area contributed by atoms with E-state index in [2.05, 4.69) is 10.1 Å². The number of carbonyl (C=O) groups is 1. The Balaban J connectivity index is 2.10. The molecule has 2 atom stereocenters. The second-order valence-corrected chi connectivity index (χ2v) is 4.34. The van der Waals surface area contributed by atoms with Gasteiger partial charge in [0.15, 0.2) is 0 Å². The van der Waals surface area contributed by atoms with Crippen molar-refractivity contribution < 1.29 is 23.0 Å². The van der Waals surface area contributed by atoms with Crippen LogP contribution in [-0.2, 0) is 9.53 Å². The molecule has 0 aliphatic carbocycles. The van der Waals surface area contributed by atoms with Crippen molar-refractivity contribution in [2.45, 2.75) is 12.5 Å². The van der Waals surface area contributed by atoms with E-state index in [1.54, 1.807) is 12.1 Å². The van der Waals surface area contributed by atoms with Gasteiger partial charge in [0.05, 0.1) is 13.0 Å². The first-order valence-electron chi connectivity index (χ1n) is 5.95. The van der Waals surface area contributed by atoms with Gasteiger partial charge >= 0.3 is 12.6 Å². The molecule has 1 fully saturated rings. The van der Waals surface area contributed by atoms with E-state index in [0.717, 1.165) is 5.56 Å². The monoisotopic (exact) mass is 271 g/mol. The van der Waals surface area contributed by atoms with Crippen LogP contribution in [0.2, 0.25) is 0 Å².